The van der Waals surface area contributed by atoms with Crippen LogP contribution < -0.4 is 10.2 Å². The molecular formula is C17H18ClN5O2. The van der Waals surface area contributed by atoms with Gasteiger partial charge in [-0.1, -0.05) is 11.6 Å². The summed E-state index contributed by atoms with van der Waals surface area (Å²) in [6.45, 7) is 7.24. The first kappa shape index (κ1) is 17.2. The first-order valence-corrected chi connectivity index (χ1v) is 8.35. The van der Waals surface area contributed by atoms with E-state index in [2.05, 4.69) is 20.3 Å². The molecule has 3 rings (SSSR count). The third kappa shape index (κ3) is 3.56. The Morgan fingerprint density at radius 2 is 2.04 bits per heavy atom. The van der Waals surface area contributed by atoms with Crippen molar-refractivity contribution in [3.8, 4) is 0 Å². The van der Waals surface area contributed by atoms with Crippen LogP contribution in [0.4, 0.5) is 11.6 Å². The number of amides is 1. The van der Waals surface area contributed by atoms with E-state index in [1.807, 2.05) is 18.7 Å². The quantitative estimate of drug-likeness (QED) is 0.748. The van der Waals surface area contributed by atoms with Crippen molar-refractivity contribution in [1.82, 2.24) is 15.0 Å². The fourth-order valence-corrected chi connectivity index (χ4v) is 2.66. The van der Waals surface area contributed by atoms with Crippen molar-refractivity contribution in [2.75, 3.05) is 23.3 Å². The number of hydrogen-bond acceptors (Lipinski definition) is 6. The average molecular weight is 360 g/mol. The number of hydrogen-bond donors (Lipinski definition) is 1. The Labute approximate surface area is 150 Å². The SMILES string of the molecule is CCN(CC)c1ncc(Cl)c(C(=O)Nc2ccc3oc(C)nc3c2)n1. The molecule has 0 aliphatic carbocycles. The van der Waals surface area contributed by atoms with Gasteiger partial charge >= 0.3 is 0 Å². The number of carbonyl (C=O) groups is 1. The lowest BCUT2D eigenvalue weighted by Gasteiger charge is -2.19. The summed E-state index contributed by atoms with van der Waals surface area (Å²) in [5, 5.41) is 2.99. The second kappa shape index (κ2) is 7.06. The number of halogens is 1. The van der Waals surface area contributed by atoms with E-state index in [0.717, 1.165) is 13.1 Å². The summed E-state index contributed by atoms with van der Waals surface area (Å²) in [7, 11) is 0. The largest absolute Gasteiger partial charge is 0.441 e. The number of aryl methyl sites for hydroxylation is 1. The maximum Gasteiger partial charge on any atom is 0.276 e. The fourth-order valence-electron chi connectivity index (χ4n) is 2.49. The van der Waals surface area contributed by atoms with E-state index in [9.17, 15) is 4.79 Å². The van der Waals surface area contributed by atoms with E-state index < -0.39 is 5.91 Å². The van der Waals surface area contributed by atoms with Crippen LogP contribution in [0.5, 0.6) is 0 Å². The Kier molecular flexibility index (Phi) is 4.85. The minimum absolute atomic E-state index is 0.134. The normalized spacial score (nSPS) is 10.9. The van der Waals surface area contributed by atoms with Gasteiger partial charge in [-0.2, -0.15) is 0 Å². The molecule has 130 valence electrons. The summed E-state index contributed by atoms with van der Waals surface area (Å²) < 4.78 is 5.43. The molecule has 0 atom stereocenters. The lowest BCUT2D eigenvalue weighted by molar-refractivity contribution is 0.102. The molecule has 1 amide bonds. The smallest absolute Gasteiger partial charge is 0.276 e. The highest BCUT2D eigenvalue weighted by molar-refractivity contribution is 6.34. The Morgan fingerprint density at radius 3 is 2.76 bits per heavy atom. The van der Waals surface area contributed by atoms with Crippen molar-refractivity contribution >= 4 is 40.2 Å². The van der Waals surface area contributed by atoms with Crippen LogP contribution in [0.1, 0.15) is 30.2 Å². The third-order valence-corrected chi connectivity index (χ3v) is 4.02. The molecule has 3 aromatic rings. The molecule has 0 unspecified atom stereocenters. The van der Waals surface area contributed by atoms with Gasteiger partial charge in [0.1, 0.15) is 5.52 Å². The maximum absolute atomic E-state index is 12.6. The van der Waals surface area contributed by atoms with E-state index in [1.54, 1.807) is 25.1 Å². The fraction of sp³-hybridized carbons (Fsp3) is 0.294. The highest BCUT2D eigenvalue weighted by Crippen LogP contribution is 2.22. The molecule has 7 nitrogen and oxygen atoms in total. The zero-order valence-corrected chi connectivity index (χ0v) is 15.0. The predicted molar refractivity (Wildman–Crippen MR) is 97.3 cm³/mol. The van der Waals surface area contributed by atoms with Gasteiger partial charge in [0, 0.05) is 25.7 Å². The Balaban J connectivity index is 1.87. The molecule has 0 fully saturated rings. The summed E-state index contributed by atoms with van der Waals surface area (Å²) in [6.07, 6.45) is 1.45. The number of benzene rings is 1. The molecule has 0 saturated heterocycles. The molecule has 0 saturated carbocycles. The second-order valence-electron chi connectivity index (χ2n) is 5.41. The summed E-state index contributed by atoms with van der Waals surface area (Å²) >= 11 is 6.12. The number of fused-ring (bicyclic) bond motifs is 1. The monoisotopic (exact) mass is 359 g/mol. The molecule has 1 N–H and O–H groups in total. The van der Waals surface area contributed by atoms with Crippen LogP contribution in [0.25, 0.3) is 11.1 Å². The van der Waals surface area contributed by atoms with Gasteiger partial charge in [-0.25, -0.2) is 15.0 Å². The molecular weight excluding hydrogens is 342 g/mol. The minimum Gasteiger partial charge on any atom is -0.441 e. The van der Waals surface area contributed by atoms with Gasteiger partial charge in [-0.15, -0.1) is 0 Å². The number of aromatic nitrogens is 3. The number of carbonyl (C=O) groups excluding carboxylic acids is 1. The van der Waals surface area contributed by atoms with Crippen molar-refractivity contribution in [1.29, 1.82) is 0 Å². The molecule has 0 aliphatic heterocycles. The van der Waals surface area contributed by atoms with Gasteiger partial charge in [0.15, 0.2) is 17.2 Å². The van der Waals surface area contributed by atoms with Gasteiger partial charge in [0.25, 0.3) is 5.91 Å². The first-order valence-electron chi connectivity index (χ1n) is 7.97. The number of oxazole rings is 1. The van der Waals surface area contributed by atoms with Crippen molar-refractivity contribution in [2.24, 2.45) is 0 Å². The van der Waals surface area contributed by atoms with Crippen LogP contribution >= 0.6 is 11.6 Å². The lowest BCUT2D eigenvalue weighted by Crippen LogP contribution is -2.25. The number of nitrogens with zero attached hydrogens (tertiary/aromatic N) is 4. The maximum atomic E-state index is 12.6. The van der Waals surface area contributed by atoms with Crippen molar-refractivity contribution in [3.63, 3.8) is 0 Å². The van der Waals surface area contributed by atoms with Crippen molar-refractivity contribution in [3.05, 3.63) is 41.0 Å². The predicted octanol–water partition coefficient (Wildman–Crippen LogP) is 3.68. The molecule has 0 bridgehead atoms. The number of rotatable bonds is 5. The molecule has 8 heteroatoms. The van der Waals surface area contributed by atoms with Gasteiger partial charge < -0.3 is 14.6 Å². The van der Waals surface area contributed by atoms with Crippen LogP contribution in [-0.2, 0) is 0 Å². The molecule has 2 heterocycles. The van der Waals surface area contributed by atoms with Crippen molar-refractivity contribution < 1.29 is 9.21 Å². The van der Waals surface area contributed by atoms with E-state index in [4.69, 9.17) is 16.0 Å². The summed E-state index contributed by atoms with van der Waals surface area (Å²) in [5.74, 6) is 0.642. The average Bonchev–Trinajstić information content (AvgIpc) is 2.96. The molecule has 0 radical (unpaired) electrons. The van der Waals surface area contributed by atoms with Crippen molar-refractivity contribution in [2.45, 2.75) is 20.8 Å². The first-order chi connectivity index (χ1) is 12.0. The van der Waals surface area contributed by atoms with Gasteiger partial charge in [0.2, 0.25) is 5.95 Å². The van der Waals surface area contributed by atoms with E-state index >= 15 is 0 Å². The van der Waals surface area contributed by atoms with Crippen LogP contribution in [0.15, 0.2) is 28.8 Å². The summed E-state index contributed by atoms with van der Waals surface area (Å²) in [6, 6.07) is 5.24. The number of nitrogens with one attached hydrogen (secondary N) is 1. The standard InChI is InChI=1S/C17H18ClN5O2/c1-4-23(5-2)17-19-9-12(18)15(22-17)16(24)21-11-6-7-14-13(8-11)20-10(3)25-14/h6-9H,4-5H2,1-3H3,(H,21,24). The molecule has 1 aromatic carbocycles. The molecule has 0 spiro atoms. The minimum atomic E-state index is -0.402. The molecule has 25 heavy (non-hydrogen) atoms. The molecule has 0 aliphatic rings. The zero-order valence-electron chi connectivity index (χ0n) is 14.2. The van der Waals surface area contributed by atoms with Crippen LogP contribution in [0, 0.1) is 6.92 Å². The number of anilines is 2. The Morgan fingerprint density at radius 1 is 1.28 bits per heavy atom. The Bertz CT molecular complexity index is 921. The second-order valence-corrected chi connectivity index (χ2v) is 5.82. The Hall–Kier alpha value is -2.67. The van der Waals surface area contributed by atoms with Gasteiger partial charge in [-0.3, -0.25) is 4.79 Å². The summed E-state index contributed by atoms with van der Waals surface area (Å²) in [5.41, 5.74) is 2.06. The topological polar surface area (TPSA) is 84.2 Å². The summed E-state index contributed by atoms with van der Waals surface area (Å²) in [4.78, 5) is 27.3. The third-order valence-electron chi connectivity index (χ3n) is 3.75. The van der Waals surface area contributed by atoms with Gasteiger partial charge in [0.05, 0.1) is 11.2 Å². The highest BCUT2D eigenvalue weighted by Gasteiger charge is 2.17. The van der Waals surface area contributed by atoms with Crippen LogP contribution in [-0.4, -0.2) is 33.9 Å². The van der Waals surface area contributed by atoms with E-state index in [-0.39, 0.29) is 10.7 Å². The van der Waals surface area contributed by atoms with E-state index in [1.165, 1.54) is 6.20 Å². The van der Waals surface area contributed by atoms with Gasteiger partial charge in [-0.05, 0) is 32.0 Å². The van der Waals surface area contributed by atoms with E-state index in [0.29, 0.717) is 28.6 Å². The zero-order chi connectivity index (χ0) is 18.0. The van der Waals surface area contributed by atoms with Crippen LogP contribution in [0.3, 0.4) is 0 Å². The van der Waals surface area contributed by atoms with Crippen LogP contribution in [0.2, 0.25) is 5.02 Å². The highest BCUT2D eigenvalue weighted by atomic mass is 35.5. The lowest BCUT2D eigenvalue weighted by atomic mass is 10.2. The molecule has 2 aromatic heterocycles.